The number of likely N-dealkylation sites (N-methyl/N-ethyl adjacent to an activating group) is 1. The van der Waals surface area contributed by atoms with Gasteiger partial charge in [0, 0.05) is 18.3 Å². The second-order valence-electron chi connectivity index (χ2n) is 5.77. The van der Waals surface area contributed by atoms with E-state index in [1.54, 1.807) is 0 Å². The summed E-state index contributed by atoms with van der Waals surface area (Å²) in [5.41, 5.74) is 2.74. The number of hydrogen-bond donors (Lipinski definition) is 0. The lowest BCUT2D eigenvalue weighted by Gasteiger charge is -2.27. The Balaban J connectivity index is 1.93. The van der Waals surface area contributed by atoms with Crippen molar-refractivity contribution in [2.75, 3.05) is 25.5 Å². The Kier molecular flexibility index (Phi) is 3.75. The third-order valence-corrected chi connectivity index (χ3v) is 4.28. The molecular formula is C18H22N2. The summed E-state index contributed by atoms with van der Waals surface area (Å²) in [5, 5.41) is 0. The zero-order valence-corrected chi connectivity index (χ0v) is 12.2. The fraction of sp³-hybridized carbons (Fsp3) is 0.333. The van der Waals surface area contributed by atoms with Gasteiger partial charge in [-0.05, 0) is 38.2 Å². The summed E-state index contributed by atoms with van der Waals surface area (Å²) in [6.07, 6.45) is 1.19. The maximum atomic E-state index is 2.54. The minimum Gasteiger partial charge on any atom is -0.363 e. The van der Waals surface area contributed by atoms with Gasteiger partial charge in [0.1, 0.15) is 0 Å². The summed E-state index contributed by atoms with van der Waals surface area (Å²) in [7, 11) is 4.36. The van der Waals surface area contributed by atoms with Gasteiger partial charge in [-0.3, -0.25) is 0 Å². The minimum absolute atomic E-state index is 0.478. The zero-order chi connectivity index (χ0) is 13.9. The molecule has 2 atom stereocenters. The summed E-state index contributed by atoms with van der Waals surface area (Å²) < 4.78 is 0. The van der Waals surface area contributed by atoms with E-state index in [0.717, 1.165) is 6.54 Å². The van der Waals surface area contributed by atoms with Gasteiger partial charge in [0.25, 0.3) is 0 Å². The van der Waals surface area contributed by atoms with Crippen LogP contribution in [0.25, 0.3) is 0 Å². The average Bonchev–Trinajstić information content (AvgIpc) is 2.94. The molecule has 0 spiro atoms. The second kappa shape index (κ2) is 5.68. The molecule has 0 unspecified atom stereocenters. The molecule has 2 nitrogen and oxygen atoms in total. The molecule has 0 N–H and O–H groups in total. The molecule has 2 aromatic carbocycles. The van der Waals surface area contributed by atoms with Gasteiger partial charge >= 0.3 is 0 Å². The van der Waals surface area contributed by atoms with Crippen molar-refractivity contribution in [3.8, 4) is 0 Å². The van der Waals surface area contributed by atoms with Gasteiger partial charge in [0.2, 0.25) is 0 Å². The quantitative estimate of drug-likeness (QED) is 0.838. The maximum absolute atomic E-state index is 2.54. The molecule has 0 aliphatic carbocycles. The Morgan fingerprint density at radius 3 is 2.10 bits per heavy atom. The molecule has 0 radical (unpaired) electrons. The molecule has 1 saturated heterocycles. The number of nitrogens with zero attached hydrogens (tertiary/aromatic N) is 2. The normalized spacial score (nSPS) is 22.4. The summed E-state index contributed by atoms with van der Waals surface area (Å²) in [4.78, 5) is 4.89. The molecule has 0 aromatic heterocycles. The molecule has 2 aromatic rings. The zero-order valence-electron chi connectivity index (χ0n) is 12.2. The minimum atomic E-state index is 0.478. The Labute approximate surface area is 121 Å². The van der Waals surface area contributed by atoms with Crippen molar-refractivity contribution in [1.29, 1.82) is 0 Å². The van der Waals surface area contributed by atoms with Crippen LogP contribution in [-0.2, 0) is 0 Å². The van der Waals surface area contributed by atoms with Crippen LogP contribution in [0.15, 0.2) is 60.7 Å². The maximum Gasteiger partial charge on any atom is 0.0558 e. The highest BCUT2D eigenvalue weighted by Gasteiger charge is 2.34. The lowest BCUT2D eigenvalue weighted by molar-refractivity contribution is 0.310. The molecule has 2 heteroatoms. The fourth-order valence-electron chi connectivity index (χ4n) is 3.08. The van der Waals surface area contributed by atoms with E-state index in [9.17, 15) is 0 Å². The van der Waals surface area contributed by atoms with Crippen molar-refractivity contribution in [3.05, 3.63) is 66.2 Å². The molecule has 104 valence electrons. The van der Waals surface area contributed by atoms with E-state index in [1.807, 2.05) is 0 Å². The van der Waals surface area contributed by atoms with Crippen molar-refractivity contribution >= 4 is 5.69 Å². The number of hydrogen-bond acceptors (Lipinski definition) is 2. The molecule has 1 fully saturated rings. The Morgan fingerprint density at radius 1 is 0.900 bits per heavy atom. The van der Waals surface area contributed by atoms with Crippen molar-refractivity contribution < 1.29 is 0 Å². The number of benzene rings is 2. The smallest absolute Gasteiger partial charge is 0.0558 e. The molecule has 1 aliphatic rings. The van der Waals surface area contributed by atoms with E-state index in [1.165, 1.54) is 17.7 Å². The highest BCUT2D eigenvalue weighted by atomic mass is 15.3. The molecule has 20 heavy (non-hydrogen) atoms. The van der Waals surface area contributed by atoms with Gasteiger partial charge in [-0.15, -0.1) is 0 Å². The van der Waals surface area contributed by atoms with Crippen LogP contribution in [0.5, 0.6) is 0 Å². The average molecular weight is 266 g/mol. The molecule has 3 rings (SSSR count). The Hall–Kier alpha value is -1.80. The molecule has 0 bridgehead atoms. The van der Waals surface area contributed by atoms with Crippen molar-refractivity contribution in [2.45, 2.75) is 18.5 Å². The van der Waals surface area contributed by atoms with Gasteiger partial charge in [0.05, 0.1) is 6.04 Å². The van der Waals surface area contributed by atoms with Crippen LogP contribution >= 0.6 is 0 Å². The van der Waals surface area contributed by atoms with E-state index >= 15 is 0 Å². The first-order chi connectivity index (χ1) is 9.75. The summed E-state index contributed by atoms with van der Waals surface area (Å²) in [6, 6.07) is 22.7. The van der Waals surface area contributed by atoms with E-state index in [-0.39, 0.29) is 0 Å². The predicted octanol–water partition coefficient (Wildman–Crippen LogP) is 3.57. The van der Waals surface area contributed by atoms with E-state index < -0.39 is 0 Å². The van der Waals surface area contributed by atoms with Gasteiger partial charge in [-0.2, -0.15) is 0 Å². The van der Waals surface area contributed by atoms with Crippen molar-refractivity contribution in [1.82, 2.24) is 4.90 Å². The number of anilines is 1. The first-order valence-corrected chi connectivity index (χ1v) is 7.29. The van der Waals surface area contributed by atoms with Crippen LogP contribution < -0.4 is 4.90 Å². The van der Waals surface area contributed by atoms with E-state index in [4.69, 9.17) is 0 Å². The topological polar surface area (TPSA) is 6.48 Å². The summed E-state index contributed by atoms with van der Waals surface area (Å²) in [6.45, 7) is 1.09. The highest BCUT2D eigenvalue weighted by Crippen LogP contribution is 2.37. The van der Waals surface area contributed by atoms with Crippen molar-refractivity contribution in [2.24, 2.45) is 0 Å². The third kappa shape index (κ3) is 2.56. The van der Waals surface area contributed by atoms with Gasteiger partial charge in [-0.1, -0.05) is 48.5 Å². The van der Waals surface area contributed by atoms with Crippen LogP contribution in [0.1, 0.15) is 18.0 Å². The Bertz CT molecular complexity index is 488. The Morgan fingerprint density at radius 2 is 1.50 bits per heavy atom. The second-order valence-corrected chi connectivity index (χ2v) is 5.77. The molecule has 0 amide bonds. The van der Waals surface area contributed by atoms with Crippen LogP contribution in [0.4, 0.5) is 5.69 Å². The SMILES string of the molecule is CN(C)[C@@H]1C[C@H](c2ccccc2)N(c2ccccc2)C1. The number of rotatable bonds is 3. The van der Waals surface area contributed by atoms with E-state index in [0.29, 0.717) is 12.1 Å². The van der Waals surface area contributed by atoms with Crippen molar-refractivity contribution in [3.63, 3.8) is 0 Å². The summed E-state index contributed by atoms with van der Waals surface area (Å²) in [5.74, 6) is 0. The molecule has 1 heterocycles. The standard InChI is InChI=1S/C18H22N2/c1-19(2)17-13-18(15-9-5-3-6-10-15)20(14-17)16-11-7-4-8-12-16/h3-12,17-18H,13-14H2,1-2H3/t17-,18-/m1/s1. The summed E-state index contributed by atoms with van der Waals surface area (Å²) >= 11 is 0. The predicted molar refractivity (Wildman–Crippen MR) is 85.1 cm³/mol. The monoisotopic (exact) mass is 266 g/mol. The molecule has 1 aliphatic heterocycles. The first kappa shape index (κ1) is 13.2. The van der Waals surface area contributed by atoms with Crippen LogP contribution in [-0.4, -0.2) is 31.6 Å². The largest absolute Gasteiger partial charge is 0.363 e. The molecular weight excluding hydrogens is 244 g/mol. The highest BCUT2D eigenvalue weighted by molar-refractivity contribution is 5.50. The van der Waals surface area contributed by atoms with Gasteiger partial charge in [-0.25, -0.2) is 0 Å². The van der Waals surface area contributed by atoms with Crippen LogP contribution in [0.2, 0.25) is 0 Å². The van der Waals surface area contributed by atoms with Crippen LogP contribution in [0.3, 0.4) is 0 Å². The first-order valence-electron chi connectivity index (χ1n) is 7.29. The lowest BCUT2D eigenvalue weighted by Crippen LogP contribution is -2.31. The lowest BCUT2D eigenvalue weighted by atomic mass is 10.0. The van der Waals surface area contributed by atoms with Gasteiger partial charge < -0.3 is 9.80 Å². The van der Waals surface area contributed by atoms with Crippen LogP contribution in [0, 0.1) is 0 Å². The fourth-order valence-corrected chi connectivity index (χ4v) is 3.08. The van der Waals surface area contributed by atoms with Gasteiger partial charge in [0.15, 0.2) is 0 Å². The molecule has 0 saturated carbocycles. The van der Waals surface area contributed by atoms with E-state index in [2.05, 4.69) is 84.6 Å². The third-order valence-electron chi connectivity index (χ3n) is 4.28. The number of para-hydroxylation sites is 1.